The second-order valence-corrected chi connectivity index (χ2v) is 4.61. The minimum Gasteiger partial charge on any atom is -0.465 e. The lowest BCUT2D eigenvalue weighted by Crippen LogP contribution is -2.44. The van der Waals surface area contributed by atoms with Crippen molar-refractivity contribution in [2.75, 3.05) is 6.61 Å². The molecule has 0 aliphatic carbocycles. The molecular formula is C15H22FNO2. The van der Waals surface area contributed by atoms with Gasteiger partial charge in [-0.1, -0.05) is 19.1 Å². The maximum absolute atomic E-state index is 12.9. The van der Waals surface area contributed by atoms with Crippen LogP contribution in [0.5, 0.6) is 0 Å². The zero-order valence-electron chi connectivity index (χ0n) is 11.8. The van der Waals surface area contributed by atoms with E-state index in [-0.39, 0.29) is 23.9 Å². The second-order valence-electron chi connectivity index (χ2n) is 4.61. The van der Waals surface area contributed by atoms with Gasteiger partial charge in [-0.25, -0.2) is 4.39 Å². The van der Waals surface area contributed by atoms with Crippen molar-refractivity contribution in [2.24, 2.45) is 0 Å². The summed E-state index contributed by atoms with van der Waals surface area (Å²) < 4.78 is 17.9. The molecule has 1 aromatic carbocycles. The molecule has 0 radical (unpaired) electrons. The Kier molecular flexibility index (Phi) is 6.50. The third-order valence-corrected chi connectivity index (χ3v) is 3.02. The molecule has 0 amide bonds. The van der Waals surface area contributed by atoms with Crippen LogP contribution >= 0.6 is 0 Å². The van der Waals surface area contributed by atoms with Gasteiger partial charge in [-0.15, -0.1) is 0 Å². The lowest BCUT2D eigenvalue weighted by atomic mass is 10.0. The third-order valence-electron chi connectivity index (χ3n) is 3.02. The Hall–Kier alpha value is -1.42. The molecule has 19 heavy (non-hydrogen) atoms. The second kappa shape index (κ2) is 7.89. The molecule has 0 spiro atoms. The van der Waals surface area contributed by atoms with Crippen LogP contribution in [0.15, 0.2) is 24.3 Å². The quantitative estimate of drug-likeness (QED) is 0.772. The molecule has 0 aromatic heterocycles. The van der Waals surface area contributed by atoms with Crippen LogP contribution in [0.25, 0.3) is 0 Å². The molecule has 4 heteroatoms. The highest BCUT2D eigenvalue weighted by Gasteiger charge is 2.21. The summed E-state index contributed by atoms with van der Waals surface area (Å²) in [6.07, 6.45) is 1.43. The Labute approximate surface area is 114 Å². The Morgan fingerprint density at radius 2 is 1.95 bits per heavy atom. The number of rotatable bonds is 7. The molecule has 0 fully saturated rings. The van der Waals surface area contributed by atoms with Gasteiger partial charge in [0.1, 0.15) is 11.9 Å². The number of carbonyl (C=O) groups excluding carboxylic acids is 1. The van der Waals surface area contributed by atoms with Gasteiger partial charge in [-0.05, 0) is 44.4 Å². The van der Waals surface area contributed by atoms with Crippen LogP contribution in [-0.2, 0) is 16.0 Å². The van der Waals surface area contributed by atoms with Gasteiger partial charge in [0.15, 0.2) is 0 Å². The molecule has 1 rings (SSSR count). The summed E-state index contributed by atoms with van der Waals surface area (Å²) in [5.41, 5.74) is 0.912. The van der Waals surface area contributed by atoms with E-state index >= 15 is 0 Å². The first-order valence-electron chi connectivity index (χ1n) is 6.73. The van der Waals surface area contributed by atoms with Crippen molar-refractivity contribution in [3.05, 3.63) is 35.6 Å². The highest BCUT2D eigenvalue weighted by molar-refractivity contribution is 5.76. The van der Waals surface area contributed by atoms with Crippen molar-refractivity contribution in [3.63, 3.8) is 0 Å². The fourth-order valence-corrected chi connectivity index (χ4v) is 1.77. The summed E-state index contributed by atoms with van der Waals surface area (Å²) >= 11 is 0. The van der Waals surface area contributed by atoms with Gasteiger partial charge < -0.3 is 10.1 Å². The first-order valence-corrected chi connectivity index (χ1v) is 6.73. The molecule has 0 aliphatic rings. The predicted octanol–water partition coefficient (Wildman–Crippen LogP) is 2.69. The Morgan fingerprint density at radius 1 is 1.32 bits per heavy atom. The molecular weight excluding hydrogens is 245 g/mol. The first-order chi connectivity index (χ1) is 9.06. The molecule has 3 nitrogen and oxygen atoms in total. The molecule has 0 bridgehead atoms. The van der Waals surface area contributed by atoms with E-state index < -0.39 is 0 Å². The molecule has 2 atom stereocenters. The average molecular weight is 267 g/mol. The van der Waals surface area contributed by atoms with Crippen LogP contribution in [0.4, 0.5) is 4.39 Å². The summed E-state index contributed by atoms with van der Waals surface area (Å²) in [5.74, 6) is -0.529. The SMILES string of the molecule is CCOC(=O)C(Cc1ccc(F)cc1)NC(C)CC. The Balaban J connectivity index is 2.72. The van der Waals surface area contributed by atoms with E-state index in [4.69, 9.17) is 4.74 Å². The van der Waals surface area contributed by atoms with Crippen molar-refractivity contribution >= 4 is 5.97 Å². The maximum atomic E-state index is 12.9. The molecule has 2 unspecified atom stereocenters. The Morgan fingerprint density at radius 3 is 2.47 bits per heavy atom. The van der Waals surface area contributed by atoms with Crippen LogP contribution in [0.1, 0.15) is 32.8 Å². The molecule has 1 N–H and O–H groups in total. The normalized spacial score (nSPS) is 13.9. The van der Waals surface area contributed by atoms with Crippen molar-refractivity contribution in [2.45, 2.75) is 45.7 Å². The number of esters is 1. The van der Waals surface area contributed by atoms with E-state index in [1.165, 1.54) is 12.1 Å². The van der Waals surface area contributed by atoms with E-state index in [1.807, 2.05) is 6.92 Å². The summed E-state index contributed by atoms with van der Waals surface area (Å²) in [4.78, 5) is 11.9. The van der Waals surface area contributed by atoms with Gasteiger partial charge in [0.05, 0.1) is 6.61 Å². The van der Waals surface area contributed by atoms with Crippen molar-refractivity contribution in [3.8, 4) is 0 Å². The van der Waals surface area contributed by atoms with E-state index in [0.29, 0.717) is 13.0 Å². The molecule has 0 heterocycles. The monoisotopic (exact) mass is 267 g/mol. The van der Waals surface area contributed by atoms with Crippen molar-refractivity contribution in [1.29, 1.82) is 0 Å². The summed E-state index contributed by atoms with van der Waals surface area (Å²) in [6.45, 7) is 6.23. The van der Waals surface area contributed by atoms with E-state index in [0.717, 1.165) is 12.0 Å². The van der Waals surface area contributed by atoms with Gasteiger partial charge in [-0.3, -0.25) is 4.79 Å². The van der Waals surface area contributed by atoms with Gasteiger partial charge in [-0.2, -0.15) is 0 Å². The van der Waals surface area contributed by atoms with Crippen LogP contribution in [0, 0.1) is 5.82 Å². The lowest BCUT2D eigenvalue weighted by molar-refractivity contribution is -0.145. The average Bonchev–Trinajstić information content (AvgIpc) is 2.40. The fourth-order valence-electron chi connectivity index (χ4n) is 1.77. The molecule has 0 aliphatic heterocycles. The number of ether oxygens (including phenoxy) is 1. The maximum Gasteiger partial charge on any atom is 0.323 e. The van der Waals surface area contributed by atoms with Crippen LogP contribution < -0.4 is 5.32 Å². The number of hydrogen-bond donors (Lipinski definition) is 1. The standard InChI is InChI=1S/C15H22FNO2/c1-4-11(3)17-14(15(18)19-5-2)10-12-6-8-13(16)9-7-12/h6-9,11,14,17H,4-5,10H2,1-3H3. The minimum atomic E-state index is -0.389. The van der Waals surface area contributed by atoms with Gasteiger partial charge in [0.25, 0.3) is 0 Å². The highest BCUT2D eigenvalue weighted by atomic mass is 19.1. The molecule has 1 aromatic rings. The van der Waals surface area contributed by atoms with Crippen LogP contribution in [0.3, 0.4) is 0 Å². The van der Waals surface area contributed by atoms with Crippen LogP contribution in [0.2, 0.25) is 0 Å². The predicted molar refractivity (Wildman–Crippen MR) is 73.4 cm³/mol. The molecule has 0 saturated heterocycles. The summed E-state index contributed by atoms with van der Waals surface area (Å²) in [7, 11) is 0. The zero-order valence-corrected chi connectivity index (χ0v) is 11.8. The van der Waals surface area contributed by atoms with E-state index in [1.54, 1.807) is 19.1 Å². The van der Waals surface area contributed by atoms with Gasteiger partial charge in [0, 0.05) is 6.04 Å². The number of halogens is 1. The number of benzene rings is 1. The van der Waals surface area contributed by atoms with Crippen LogP contribution in [-0.4, -0.2) is 24.7 Å². The van der Waals surface area contributed by atoms with Gasteiger partial charge >= 0.3 is 5.97 Å². The first kappa shape index (κ1) is 15.6. The topological polar surface area (TPSA) is 38.3 Å². The fraction of sp³-hybridized carbons (Fsp3) is 0.533. The number of carbonyl (C=O) groups is 1. The van der Waals surface area contributed by atoms with Crippen molar-refractivity contribution in [1.82, 2.24) is 5.32 Å². The molecule has 0 saturated carbocycles. The van der Waals surface area contributed by atoms with E-state index in [9.17, 15) is 9.18 Å². The summed E-state index contributed by atoms with van der Waals surface area (Å²) in [6, 6.07) is 6.04. The summed E-state index contributed by atoms with van der Waals surface area (Å²) in [5, 5.41) is 3.25. The zero-order chi connectivity index (χ0) is 14.3. The third kappa shape index (κ3) is 5.39. The Bertz CT molecular complexity index is 392. The lowest BCUT2D eigenvalue weighted by Gasteiger charge is -2.21. The minimum absolute atomic E-state index is 0.231. The van der Waals surface area contributed by atoms with Crippen molar-refractivity contribution < 1.29 is 13.9 Å². The highest BCUT2D eigenvalue weighted by Crippen LogP contribution is 2.08. The molecule has 106 valence electrons. The largest absolute Gasteiger partial charge is 0.465 e. The number of hydrogen-bond acceptors (Lipinski definition) is 3. The van der Waals surface area contributed by atoms with Gasteiger partial charge in [0.2, 0.25) is 0 Å². The van der Waals surface area contributed by atoms with E-state index in [2.05, 4.69) is 12.2 Å². The number of nitrogens with one attached hydrogen (secondary N) is 1. The smallest absolute Gasteiger partial charge is 0.323 e.